The van der Waals surface area contributed by atoms with Crippen LogP contribution in [0, 0.1) is 23.1 Å². The van der Waals surface area contributed by atoms with Gasteiger partial charge in [-0.05, 0) is 31.0 Å². The summed E-state index contributed by atoms with van der Waals surface area (Å²) in [6.45, 7) is 2.86. The number of benzene rings is 1. The van der Waals surface area contributed by atoms with Gasteiger partial charge in [0.1, 0.15) is 17.9 Å². The van der Waals surface area contributed by atoms with Crippen LogP contribution in [0.2, 0.25) is 0 Å². The first-order valence-corrected chi connectivity index (χ1v) is 8.06. The minimum Gasteiger partial charge on any atom is -0.467 e. The zero-order valence-electron chi connectivity index (χ0n) is 14.9. The van der Waals surface area contributed by atoms with E-state index in [1.807, 2.05) is 6.07 Å². The molecular formula is C18H22FN3O4. The van der Waals surface area contributed by atoms with Gasteiger partial charge in [-0.3, -0.25) is 9.59 Å². The average molecular weight is 363 g/mol. The first-order chi connectivity index (χ1) is 12.3. The molecule has 1 aromatic carbocycles. The topological polar surface area (TPSA) is 108 Å². The van der Waals surface area contributed by atoms with Crippen LogP contribution in [0.25, 0.3) is 0 Å². The fourth-order valence-electron chi connectivity index (χ4n) is 2.39. The van der Waals surface area contributed by atoms with Crippen LogP contribution in [0.3, 0.4) is 0 Å². The first kappa shape index (κ1) is 21.1. The Bertz CT molecular complexity index is 702. The molecule has 3 atom stereocenters. The van der Waals surface area contributed by atoms with Gasteiger partial charge >= 0.3 is 5.97 Å². The Labute approximate surface area is 151 Å². The summed E-state index contributed by atoms with van der Waals surface area (Å²) in [6, 6.07) is 5.62. The van der Waals surface area contributed by atoms with Gasteiger partial charge in [-0.25, -0.2) is 9.18 Å². The van der Waals surface area contributed by atoms with Crippen molar-refractivity contribution in [2.75, 3.05) is 7.11 Å². The maximum absolute atomic E-state index is 13.3. The third-order valence-electron chi connectivity index (χ3n) is 3.63. The number of hydrogen-bond acceptors (Lipinski definition) is 5. The number of halogens is 1. The highest BCUT2D eigenvalue weighted by atomic mass is 19.1. The second kappa shape index (κ2) is 10.1. The van der Waals surface area contributed by atoms with E-state index in [0.29, 0.717) is 5.56 Å². The standard InChI is InChI=1S/C18H22FN3O4/c1-11(10-20)7-16(18(25)26-3)22-17(24)15(21-12(2)23)9-13-5-4-6-14(19)8-13/h4-6,8,11,15-16H,7,9H2,1-3H3,(H,21,23)(H,22,24)/t11-,15-,16+/m0/s1. The van der Waals surface area contributed by atoms with Crippen LogP contribution in [0.5, 0.6) is 0 Å². The van der Waals surface area contributed by atoms with Gasteiger partial charge in [0.15, 0.2) is 0 Å². The maximum Gasteiger partial charge on any atom is 0.328 e. The van der Waals surface area contributed by atoms with Gasteiger partial charge in [-0.1, -0.05) is 12.1 Å². The SMILES string of the molecule is COC(=O)[C@@H](C[C@H](C)C#N)NC(=O)[C@H](Cc1cccc(F)c1)NC(C)=O. The van der Waals surface area contributed by atoms with E-state index in [1.165, 1.54) is 32.2 Å². The third-order valence-corrected chi connectivity index (χ3v) is 3.63. The summed E-state index contributed by atoms with van der Waals surface area (Å²) in [5, 5.41) is 13.9. The van der Waals surface area contributed by atoms with Crippen molar-refractivity contribution in [1.29, 1.82) is 5.26 Å². The van der Waals surface area contributed by atoms with E-state index >= 15 is 0 Å². The van der Waals surface area contributed by atoms with E-state index in [-0.39, 0.29) is 12.8 Å². The normalized spacial score (nSPS) is 13.7. The zero-order valence-corrected chi connectivity index (χ0v) is 14.9. The van der Waals surface area contributed by atoms with E-state index < -0.39 is 41.6 Å². The molecule has 7 nitrogen and oxygen atoms in total. The van der Waals surface area contributed by atoms with E-state index in [9.17, 15) is 18.8 Å². The monoisotopic (exact) mass is 363 g/mol. The molecule has 0 fully saturated rings. The van der Waals surface area contributed by atoms with Gasteiger partial charge in [0.2, 0.25) is 11.8 Å². The van der Waals surface area contributed by atoms with E-state index in [1.54, 1.807) is 13.0 Å². The molecule has 0 aliphatic rings. The Hall–Kier alpha value is -2.95. The molecule has 0 radical (unpaired) electrons. The van der Waals surface area contributed by atoms with Crippen molar-refractivity contribution in [2.45, 2.75) is 38.8 Å². The lowest BCUT2D eigenvalue weighted by molar-refractivity contribution is -0.145. The third kappa shape index (κ3) is 6.89. The highest BCUT2D eigenvalue weighted by Gasteiger charge is 2.28. The predicted molar refractivity (Wildman–Crippen MR) is 91.0 cm³/mol. The molecule has 1 aromatic rings. The van der Waals surface area contributed by atoms with E-state index in [2.05, 4.69) is 15.4 Å². The number of methoxy groups -OCH3 is 1. The van der Waals surface area contributed by atoms with Crippen molar-refractivity contribution in [1.82, 2.24) is 10.6 Å². The molecule has 0 heterocycles. The molecule has 0 saturated carbocycles. The Morgan fingerprint density at radius 3 is 2.50 bits per heavy atom. The average Bonchev–Trinajstić information content (AvgIpc) is 2.59. The van der Waals surface area contributed by atoms with E-state index in [4.69, 9.17) is 5.26 Å². The van der Waals surface area contributed by atoms with Crippen LogP contribution in [0.1, 0.15) is 25.8 Å². The molecule has 0 aliphatic carbocycles. The second-order valence-electron chi connectivity index (χ2n) is 5.94. The largest absolute Gasteiger partial charge is 0.467 e. The summed E-state index contributed by atoms with van der Waals surface area (Å²) < 4.78 is 18.0. The van der Waals surface area contributed by atoms with Gasteiger partial charge in [0, 0.05) is 19.3 Å². The number of carbonyl (C=O) groups is 3. The molecule has 0 spiro atoms. The number of hydrogen-bond donors (Lipinski definition) is 2. The van der Waals surface area contributed by atoms with Crippen molar-refractivity contribution in [3.05, 3.63) is 35.6 Å². The van der Waals surface area contributed by atoms with Crippen molar-refractivity contribution in [2.24, 2.45) is 5.92 Å². The quantitative estimate of drug-likeness (QED) is 0.672. The summed E-state index contributed by atoms with van der Waals surface area (Å²) in [7, 11) is 1.18. The second-order valence-corrected chi connectivity index (χ2v) is 5.94. The van der Waals surface area contributed by atoms with Gasteiger partial charge in [0.05, 0.1) is 13.2 Å². The Balaban J connectivity index is 2.93. The van der Waals surface area contributed by atoms with Crippen LogP contribution in [-0.4, -0.2) is 37.0 Å². The Morgan fingerprint density at radius 2 is 1.96 bits per heavy atom. The summed E-state index contributed by atoms with van der Waals surface area (Å²) in [5.74, 6) is -2.69. The highest BCUT2D eigenvalue weighted by Crippen LogP contribution is 2.10. The predicted octanol–water partition coefficient (Wildman–Crippen LogP) is 1.08. The Kier molecular flexibility index (Phi) is 8.22. The molecular weight excluding hydrogens is 341 g/mol. The fourth-order valence-corrected chi connectivity index (χ4v) is 2.39. The van der Waals surface area contributed by atoms with Crippen LogP contribution >= 0.6 is 0 Å². The smallest absolute Gasteiger partial charge is 0.328 e. The van der Waals surface area contributed by atoms with Crippen molar-refractivity contribution in [3.8, 4) is 6.07 Å². The minimum absolute atomic E-state index is 0.0465. The number of esters is 1. The molecule has 0 saturated heterocycles. The first-order valence-electron chi connectivity index (χ1n) is 8.06. The molecule has 2 N–H and O–H groups in total. The Morgan fingerprint density at radius 1 is 1.27 bits per heavy atom. The number of carbonyl (C=O) groups excluding carboxylic acids is 3. The molecule has 26 heavy (non-hydrogen) atoms. The minimum atomic E-state index is -1.02. The van der Waals surface area contributed by atoms with Crippen LogP contribution in [0.15, 0.2) is 24.3 Å². The number of ether oxygens (including phenoxy) is 1. The molecule has 0 aliphatic heterocycles. The van der Waals surface area contributed by atoms with Crippen LogP contribution in [0.4, 0.5) is 4.39 Å². The molecule has 0 bridgehead atoms. The number of amides is 2. The lowest BCUT2D eigenvalue weighted by Gasteiger charge is -2.22. The number of nitriles is 1. The number of rotatable bonds is 8. The molecule has 0 unspecified atom stereocenters. The molecule has 140 valence electrons. The van der Waals surface area contributed by atoms with Gasteiger partial charge < -0.3 is 15.4 Å². The number of nitrogens with one attached hydrogen (secondary N) is 2. The van der Waals surface area contributed by atoms with Crippen molar-refractivity contribution in [3.63, 3.8) is 0 Å². The summed E-state index contributed by atoms with van der Waals surface area (Å²) in [6.07, 6.45) is 0.118. The van der Waals surface area contributed by atoms with Crippen LogP contribution < -0.4 is 10.6 Å². The number of nitrogens with zero attached hydrogens (tertiary/aromatic N) is 1. The van der Waals surface area contributed by atoms with Gasteiger partial charge in [-0.15, -0.1) is 0 Å². The molecule has 2 amide bonds. The zero-order chi connectivity index (χ0) is 19.7. The highest BCUT2D eigenvalue weighted by molar-refractivity contribution is 5.90. The summed E-state index contributed by atoms with van der Waals surface area (Å²) in [5.41, 5.74) is 0.513. The summed E-state index contributed by atoms with van der Waals surface area (Å²) in [4.78, 5) is 35.8. The lowest BCUT2D eigenvalue weighted by Crippen LogP contribution is -2.52. The lowest BCUT2D eigenvalue weighted by atomic mass is 10.0. The van der Waals surface area contributed by atoms with Crippen molar-refractivity contribution < 1.29 is 23.5 Å². The summed E-state index contributed by atoms with van der Waals surface area (Å²) >= 11 is 0. The van der Waals surface area contributed by atoms with Gasteiger partial charge in [0.25, 0.3) is 0 Å². The van der Waals surface area contributed by atoms with Gasteiger partial charge in [-0.2, -0.15) is 5.26 Å². The molecule has 8 heteroatoms. The van der Waals surface area contributed by atoms with Crippen LogP contribution in [-0.2, 0) is 25.5 Å². The molecule has 0 aromatic heterocycles. The maximum atomic E-state index is 13.3. The fraction of sp³-hybridized carbons (Fsp3) is 0.444. The molecule has 1 rings (SSSR count). The van der Waals surface area contributed by atoms with E-state index in [0.717, 1.165) is 0 Å². The van der Waals surface area contributed by atoms with Crippen molar-refractivity contribution >= 4 is 17.8 Å².